The number of amides is 1. The van der Waals surface area contributed by atoms with Crippen LogP contribution in [0.4, 0.5) is 0 Å². The molecule has 0 heterocycles. The number of nitrogens with zero attached hydrogens (tertiary/aromatic N) is 1. The van der Waals surface area contributed by atoms with E-state index in [0.717, 1.165) is 25.8 Å². The van der Waals surface area contributed by atoms with Crippen molar-refractivity contribution in [3.8, 4) is 0 Å². The van der Waals surface area contributed by atoms with Gasteiger partial charge in [0.25, 0.3) is 0 Å². The second kappa shape index (κ2) is 8.48. The van der Waals surface area contributed by atoms with Gasteiger partial charge in [0.1, 0.15) is 0 Å². The highest BCUT2D eigenvalue weighted by atomic mass is 16.2. The molecule has 2 N–H and O–H groups in total. The van der Waals surface area contributed by atoms with Crippen LogP contribution in [0, 0.1) is 0 Å². The number of aryl methyl sites for hydroxylation is 1. The highest BCUT2D eigenvalue weighted by Crippen LogP contribution is 2.05. The van der Waals surface area contributed by atoms with Crippen LogP contribution in [0.25, 0.3) is 0 Å². The van der Waals surface area contributed by atoms with Crippen molar-refractivity contribution < 1.29 is 4.79 Å². The Bertz CT molecular complexity index is 389. The summed E-state index contributed by atoms with van der Waals surface area (Å²) in [6.45, 7) is 4.36. The van der Waals surface area contributed by atoms with Crippen LogP contribution < -0.4 is 5.73 Å². The minimum atomic E-state index is -0.448. The van der Waals surface area contributed by atoms with E-state index in [4.69, 9.17) is 5.73 Å². The minimum absolute atomic E-state index is 0.000360. The van der Waals surface area contributed by atoms with E-state index in [9.17, 15) is 4.79 Å². The van der Waals surface area contributed by atoms with Crippen molar-refractivity contribution in [2.24, 2.45) is 5.73 Å². The van der Waals surface area contributed by atoms with Crippen molar-refractivity contribution in [2.45, 2.75) is 31.7 Å². The molecule has 19 heavy (non-hydrogen) atoms. The third-order valence-electron chi connectivity index (χ3n) is 3.17. The predicted molar refractivity (Wildman–Crippen MR) is 79.8 cm³/mol. The van der Waals surface area contributed by atoms with E-state index in [-0.39, 0.29) is 5.91 Å². The van der Waals surface area contributed by atoms with Gasteiger partial charge in [-0.15, -0.1) is 6.58 Å². The zero-order chi connectivity index (χ0) is 14.1. The zero-order valence-electron chi connectivity index (χ0n) is 11.7. The molecule has 1 atom stereocenters. The lowest BCUT2D eigenvalue weighted by molar-refractivity contribution is -0.131. The number of carbonyl (C=O) groups is 1. The second-order valence-corrected chi connectivity index (χ2v) is 4.83. The quantitative estimate of drug-likeness (QED) is 0.576. The van der Waals surface area contributed by atoms with Gasteiger partial charge < -0.3 is 10.6 Å². The smallest absolute Gasteiger partial charge is 0.239 e. The molecule has 0 aliphatic heterocycles. The first kappa shape index (κ1) is 15.4. The van der Waals surface area contributed by atoms with E-state index < -0.39 is 6.04 Å². The third kappa shape index (κ3) is 5.71. The molecule has 1 unspecified atom stereocenters. The van der Waals surface area contributed by atoms with Crippen molar-refractivity contribution in [3.63, 3.8) is 0 Å². The lowest BCUT2D eigenvalue weighted by atomic mass is 10.1. The maximum atomic E-state index is 11.9. The summed E-state index contributed by atoms with van der Waals surface area (Å²) in [5.74, 6) is -0.000360. The number of carbonyl (C=O) groups excluding carboxylic acids is 1. The van der Waals surface area contributed by atoms with Gasteiger partial charge in [-0.1, -0.05) is 36.4 Å². The van der Waals surface area contributed by atoms with E-state index >= 15 is 0 Å². The van der Waals surface area contributed by atoms with Crippen LogP contribution in [0.15, 0.2) is 43.0 Å². The molecule has 1 amide bonds. The van der Waals surface area contributed by atoms with Crippen molar-refractivity contribution in [1.29, 1.82) is 0 Å². The summed E-state index contributed by atoms with van der Waals surface area (Å²) in [7, 11) is 1.81. The minimum Gasteiger partial charge on any atom is -0.344 e. The fourth-order valence-corrected chi connectivity index (χ4v) is 2.00. The maximum absolute atomic E-state index is 11.9. The molecule has 3 nitrogen and oxygen atoms in total. The molecular weight excluding hydrogens is 236 g/mol. The molecule has 0 fully saturated rings. The summed E-state index contributed by atoms with van der Waals surface area (Å²) in [6.07, 6.45) is 5.36. The zero-order valence-corrected chi connectivity index (χ0v) is 11.7. The van der Waals surface area contributed by atoms with Crippen LogP contribution in [-0.4, -0.2) is 30.4 Å². The predicted octanol–water partition coefficient (Wildman–Crippen LogP) is 2.37. The fraction of sp³-hybridized carbons (Fsp3) is 0.438. The number of hydrogen-bond donors (Lipinski definition) is 1. The summed E-state index contributed by atoms with van der Waals surface area (Å²) < 4.78 is 0. The molecule has 104 valence electrons. The van der Waals surface area contributed by atoms with Gasteiger partial charge in [0.2, 0.25) is 5.91 Å². The van der Waals surface area contributed by atoms with Gasteiger partial charge in [0.15, 0.2) is 0 Å². The van der Waals surface area contributed by atoms with Crippen molar-refractivity contribution in [2.75, 3.05) is 13.6 Å². The Morgan fingerprint density at radius 1 is 1.37 bits per heavy atom. The van der Waals surface area contributed by atoms with Gasteiger partial charge in [-0.05, 0) is 31.2 Å². The van der Waals surface area contributed by atoms with Gasteiger partial charge >= 0.3 is 0 Å². The van der Waals surface area contributed by atoms with Gasteiger partial charge in [-0.25, -0.2) is 0 Å². The van der Waals surface area contributed by atoms with Crippen LogP contribution in [-0.2, 0) is 11.2 Å². The number of hydrogen-bond acceptors (Lipinski definition) is 2. The number of likely N-dealkylation sites (N-methyl/N-ethyl adjacent to an activating group) is 1. The fourth-order valence-electron chi connectivity index (χ4n) is 2.00. The molecule has 0 bridgehead atoms. The van der Waals surface area contributed by atoms with Crippen molar-refractivity contribution in [1.82, 2.24) is 4.90 Å². The van der Waals surface area contributed by atoms with Crippen LogP contribution in [0.3, 0.4) is 0 Å². The Kier molecular flexibility index (Phi) is 6.90. The Hall–Kier alpha value is -1.61. The molecule has 0 radical (unpaired) electrons. The lowest BCUT2D eigenvalue weighted by Crippen LogP contribution is -2.41. The first-order chi connectivity index (χ1) is 9.15. The summed E-state index contributed by atoms with van der Waals surface area (Å²) in [5, 5.41) is 0. The maximum Gasteiger partial charge on any atom is 0.239 e. The van der Waals surface area contributed by atoms with E-state index in [1.54, 1.807) is 11.0 Å². The highest BCUT2D eigenvalue weighted by molar-refractivity contribution is 5.81. The molecular formula is C16H24N2O. The first-order valence-corrected chi connectivity index (χ1v) is 6.80. The summed E-state index contributed by atoms with van der Waals surface area (Å²) in [5.41, 5.74) is 7.11. The van der Waals surface area contributed by atoms with Gasteiger partial charge in [0, 0.05) is 13.6 Å². The number of nitrogens with two attached hydrogens (primary N) is 1. The summed E-state index contributed by atoms with van der Waals surface area (Å²) in [4.78, 5) is 13.6. The average molecular weight is 260 g/mol. The van der Waals surface area contributed by atoms with Crippen LogP contribution in [0.1, 0.15) is 24.8 Å². The Balaban J connectivity index is 2.21. The summed E-state index contributed by atoms with van der Waals surface area (Å²) in [6, 6.07) is 9.95. The number of benzene rings is 1. The SMILES string of the molecule is C=CCC(N)C(=O)N(C)CCCCc1ccccc1. The Morgan fingerprint density at radius 2 is 2.05 bits per heavy atom. The van der Waals surface area contributed by atoms with Gasteiger partial charge in [-0.3, -0.25) is 4.79 Å². The Labute approximate surface area is 116 Å². The van der Waals surface area contributed by atoms with Crippen LogP contribution in [0.5, 0.6) is 0 Å². The monoisotopic (exact) mass is 260 g/mol. The molecule has 0 aliphatic carbocycles. The van der Waals surface area contributed by atoms with Crippen LogP contribution >= 0.6 is 0 Å². The largest absolute Gasteiger partial charge is 0.344 e. The first-order valence-electron chi connectivity index (χ1n) is 6.80. The Morgan fingerprint density at radius 3 is 2.68 bits per heavy atom. The van der Waals surface area contributed by atoms with Crippen molar-refractivity contribution in [3.05, 3.63) is 48.6 Å². The standard InChI is InChI=1S/C16H24N2O/c1-3-9-15(17)16(19)18(2)13-8-7-12-14-10-5-4-6-11-14/h3-6,10-11,15H,1,7-9,12-13,17H2,2H3. The topological polar surface area (TPSA) is 46.3 Å². The van der Waals surface area contributed by atoms with Crippen LogP contribution in [0.2, 0.25) is 0 Å². The number of rotatable bonds is 8. The lowest BCUT2D eigenvalue weighted by Gasteiger charge is -2.20. The normalized spacial score (nSPS) is 11.9. The molecule has 0 spiro atoms. The molecule has 1 aromatic carbocycles. The molecule has 1 aromatic rings. The second-order valence-electron chi connectivity index (χ2n) is 4.83. The molecule has 1 rings (SSSR count). The third-order valence-corrected chi connectivity index (χ3v) is 3.17. The molecule has 3 heteroatoms. The number of unbranched alkanes of at least 4 members (excludes halogenated alkanes) is 1. The summed E-state index contributed by atoms with van der Waals surface area (Å²) >= 11 is 0. The average Bonchev–Trinajstić information content (AvgIpc) is 2.44. The molecule has 0 aromatic heterocycles. The van der Waals surface area contributed by atoms with E-state index in [2.05, 4.69) is 30.8 Å². The molecule has 0 aliphatic rings. The van der Waals surface area contributed by atoms with Gasteiger partial charge in [0.05, 0.1) is 6.04 Å². The van der Waals surface area contributed by atoms with E-state index in [1.807, 2.05) is 13.1 Å². The van der Waals surface area contributed by atoms with Crippen molar-refractivity contribution >= 4 is 5.91 Å². The van der Waals surface area contributed by atoms with E-state index in [0.29, 0.717) is 6.42 Å². The van der Waals surface area contributed by atoms with Gasteiger partial charge in [-0.2, -0.15) is 0 Å². The molecule has 0 saturated carbocycles. The van der Waals surface area contributed by atoms with E-state index in [1.165, 1.54) is 5.56 Å². The highest BCUT2D eigenvalue weighted by Gasteiger charge is 2.15. The molecule has 0 saturated heterocycles.